The second-order valence-corrected chi connectivity index (χ2v) is 8.12. The highest BCUT2D eigenvalue weighted by Crippen LogP contribution is 2.28. The Bertz CT molecular complexity index is 1210. The molecular weight excluding hydrogens is 386 g/mol. The van der Waals surface area contributed by atoms with Crippen LogP contribution in [0.4, 0.5) is 0 Å². The summed E-state index contributed by atoms with van der Waals surface area (Å²) in [4.78, 5) is 12.8. The molecule has 0 atom stereocenters. The van der Waals surface area contributed by atoms with Crippen LogP contribution in [-0.4, -0.2) is 14.3 Å². The minimum Gasteiger partial charge on any atom is -0.348 e. The van der Waals surface area contributed by atoms with Gasteiger partial charge in [0.2, 0.25) is 10.0 Å². The number of aryl methyl sites for hydroxylation is 1. The number of nitrogens with zero attached hydrogens (tertiary/aromatic N) is 1. The lowest BCUT2D eigenvalue weighted by Gasteiger charge is -2.13. The van der Waals surface area contributed by atoms with Crippen molar-refractivity contribution in [1.82, 2.24) is 5.32 Å². The van der Waals surface area contributed by atoms with Gasteiger partial charge in [-0.25, -0.2) is 13.6 Å². The van der Waals surface area contributed by atoms with Gasteiger partial charge in [-0.05, 0) is 59.5 Å². The third kappa shape index (κ3) is 4.69. The molecule has 3 aromatic rings. The maximum atomic E-state index is 12.8. The fourth-order valence-electron chi connectivity index (χ4n) is 3.01. The molecule has 3 rings (SSSR count). The van der Waals surface area contributed by atoms with Gasteiger partial charge < -0.3 is 5.32 Å². The highest BCUT2D eigenvalue weighted by Gasteiger charge is 2.16. The van der Waals surface area contributed by atoms with E-state index in [-0.39, 0.29) is 10.8 Å². The Morgan fingerprint density at radius 1 is 1.03 bits per heavy atom. The Hall–Kier alpha value is -3.47. The van der Waals surface area contributed by atoms with E-state index in [2.05, 4.69) is 11.4 Å². The monoisotopic (exact) mass is 405 g/mol. The zero-order valence-electron chi connectivity index (χ0n) is 15.7. The molecule has 0 aliphatic rings. The molecule has 0 aliphatic heterocycles. The maximum Gasteiger partial charge on any atom is 0.252 e. The molecule has 0 unspecified atom stereocenters. The van der Waals surface area contributed by atoms with Gasteiger partial charge in [-0.3, -0.25) is 4.79 Å². The third-order valence-corrected chi connectivity index (χ3v) is 5.44. The molecule has 3 N–H and O–H groups in total. The molecule has 0 spiro atoms. The molecule has 0 aliphatic carbocycles. The second kappa shape index (κ2) is 8.27. The van der Waals surface area contributed by atoms with Gasteiger partial charge in [0.15, 0.2) is 0 Å². The molecule has 0 aromatic heterocycles. The summed E-state index contributed by atoms with van der Waals surface area (Å²) in [5.74, 6) is -0.250. The van der Waals surface area contributed by atoms with Gasteiger partial charge in [-0.15, -0.1) is 0 Å². The Morgan fingerprint density at radius 3 is 2.34 bits per heavy atom. The van der Waals surface area contributed by atoms with Crippen LogP contribution in [0.3, 0.4) is 0 Å². The molecule has 0 saturated heterocycles. The molecule has 0 radical (unpaired) electrons. The van der Waals surface area contributed by atoms with Crippen molar-refractivity contribution in [2.45, 2.75) is 18.4 Å². The molecule has 1 amide bonds. The lowest BCUT2D eigenvalue weighted by molar-refractivity contribution is 0.0951. The normalized spacial score (nSPS) is 10.9. The van der Waals surface area contributed by atoms with Crippen molar-refractivity contribution < 1.29 is 13.2 Å². The van der Waals surface area contributed by atoms with Gasteiger partial charge in [0, 0.05) is 12.1 Å². The van der Waals surface area contributed by atoms with Gasteiger partial charge in [0.25, 0.3) is 5.91 Å². The van der Waals surface area contributed by atoms with E-state index in [0.29, 0.717) is 28.8 Å². The molecule has 0 saturated carbocycles. The summed E-state index contributed by atoms with van der Waals surface area (Å²) in [5, 5.41) is 16.9. The van der Waals surface area contributed by atoms with E-state index < -0.39 is 10.0 Å². The van der Waals surface area contributed by atoms with Gasteiger partial charge in [0.1, 0.15) is 0 Å². The van der Waals surface area contributed by atoms with Crippen LogP contribution in [0.25, 0.3) is 11.1 Å². The van der Waals surface area contributed by atoms with Gasteiger partial charge in [-0.2, -0.15) is 5.26 Å². The molecule has 0 fully saturated rings. The van der Waals surface area contributed by atoms with Crippen molar-refractivity contribution in [1.29, 1.82) is 5.26 Å². The van der Waals surface area contributed by atoms with Crippen LogP contribution >= 0.6 is 0 Å². The number of nitrogens with one attached hydrogen (secondary N) is 1. The fourth-order valence-corrected chi connectivity index (χ4v) is 3.60. The summed E-state index contributed by atoms with van der Waals surface area (Å²) in [6.07, 6.45) is 0. The number of carbonyl (C=O) groups excluding carboxylic acids is 1. The van der Waals surface area contributed by atoms with Crippen LogP contribution in [0.1, 0.15) is 27.0 Å². The molecule has 0 heterocycles. The largest absolute Gasteiger partial charge is 0.348 e. The SMILES string of the molecule is Cc1cc(S(N)(=O)=O)ccc1-c1ccccc1C(=O)NCc1ccc(C#N)cc1. The van der Waals surface area contributed by atoms with E-state index in [9.17, 15) is 13.2 Å². The van der Waals surface area contributed by atoms with Crippen molar-refractivity contribution >= 4 is 15.9 Å². The van der Waals surface area contributed by atoms with E-state index in [4.69, 9.17) is 10.4 Å². The average Bonchev–Trinajstić information content (AvgIpc) is 2.71. The van der Waals surface area contributed by atoms with E-state index >= 15 is 0 Å². The number of benzene rings is 3. The Balaban J connectivity index is 1.87. The molecular formula is C22H19N3O3S. The minimum absolute atomic E-state index is 0.0292. The molecule has 7 heteroatoms. The Labute approximate surface area is 169 Å². The standard InChI is InChI=1S/C22H19N3O3S/c1-15-12-18(29(24,27)28)10-11-19(15)20-4-2-3-5-21(20)22(26)25-14-17-8-6-16(13-23)7-9-17/h2-12H,14H2,1H3,(H,25,26)(H2,24,27,28). The van der Waals surface area contributed by atoms with Crippen LogP contribution < -0.4 is 10.5 Å². The number of primary sulfonamides is 1. The number of nitriles is 1. The Morgan fingerprint density at radius 2 is 1.72 bits per heavy atom. The number of nitrogens with two attached hydrogens (primary N) is 1. The average molecular weight is 405 g/mol. The van der Waals surface area contributed by atoms with Crippen molar-refractivity contribution in [3.63, 3.8) is 0 Å². The summed E-state index contributed by atoms with van der Waals surface area (Å²) in [6, 6.07) is 20.8. The van der Waals surface area contributed by atoms with Gasteiger partial charge in [-0.1, -0.05) is 36.4 Å². The summed E-state index contributed by atoms with van der Waals surface area (Å²) < 4.78 is 23.1. The zero-order valence-corrected chi connectivity index (χ0v) is 16.5. The maximum absolute atomic E-state index is 12.8. The van der Waals surface area contributed by atoms with Gasteiger partial charge in [0.05, 0.1) is 16.5 Å². The first-order valence-corrected chi connectivity index (χ1v) is 10.3. The van der Waals surface area contributed by atoms with Crippen LogP contribution in [0.2, 0.25) is 0 Å². The third-order valence-electron chi connectivity index (χ3n) is 4.52. The van der Waals surface area contributed by atoms with E-state index in [1.807, 2.05) is 12.1 Å². The van der Waals surface area contributed by atoms with Crippen LogP contribution in [0, 0.1) is 18.3 Å². The smallest absolute Gasteiger partial charge is 0.252 e. The quantitative estimate of drug-likeness (QED) is 0.679. The molecule has 6 nitrogen and oxygen atoms in total. The number of carbonyl (C=O) groups is 1. The first kappa shape index (κ1) is 20.3. The summed E-state index contributed by atoms with van der Waals surface area (Å²) in [6.45, 7) is 2.09. The highest BCUT2D eigenvalue weighted by atomic mass is 32.2. The predicted octanol–water partition coefficient (Wildman–Crippen LogP) is 3.11. The van der Waals surface area contributed by atoms with Crippen molar-refractivity contribution in [3.8, 4) is 17.2 Å². The minimum atomic E-state index is -3.79. The summed E-state index contributed by atoms with van der Waals surface area (Å²) >= 11 is 0. The van der Waals surface area contributed by atoms with E-state index in [0.717, 1.165) is 11.1 Å². The molecule has 146 valence electrons. The number of hydrogen-bond donors (Lipinski definition) is 2. The zero-order chi connectivity index (χ0) is 21.0. The van der Waals surface area contributed by atoms with Crippen LogP contribution in [-0.2, 0) is 16.6 Å². The van der Waals surface area contributed by atoms with E-state index in [1.165, 1.54) is 12.1 Å². The van der Waals surface area contributed by atoms with Crippen LogP contribution in [0.5, 0.6) is 0 Å². The van der Waals surface area contributed by atoms with Crippen LogP contribution in [0.15, 0.2) is 71.6 Å². The molecule has 29 heavy (non-hydrogen) atoms. The van der Waals surface area contributed by atoms with Crippen molar-refractivity contribution in [3.05, 3.63) is 89.0 Å². The lowest BCUT2D eigenvalue weighted by Crippen LogP contribution is -2.23. The highest BCUT2D eigenvalue weighted by molar-refractivity contribution is 7.89. The first-order chi connectivity index (χ1) is 13.8. The predicted molar refractivity (Wildman–Crippen MR) is 110 cm³/mol. The number of hydrogen-bond acceptors (Lipinski definition) is 4. The second-order valence-electron chi connectivity index (χ2n) is 6.56. The Kier molecular flexibility index (Phi) is 5.78. The topological polar surface area (TPSA) is 113 Å². The summed E-state index contributed by atoms with van der Waals surface area (Å²) in [5.41, 5.74) is 4.06. The first-order valence-electron chi connectivity index (χ1n) is 8.79. The van der Waals surface area contributed by atoms with Crippen molar-refractivity contribution in [2.24, 2.45) is 5.14 Å². The fraction of sp³-hybridized carbons (Fsp3) is 0.0909. The molecule has 3 aromatic carbocycles. The number of rotatable bonds is 5. The summed E-state index contributed by atoms with van der Waals surface area (Å²) in [7, 11) is -3.79. The lowest BCUT2D eigenvalue weighted by atomic mass is 9.95. The van der Waals surface area contributed by atoms with Crippen molar-refractivity contribution in [2.75, 3.05) is 0 Å². The molecule has 0 bridgehead atoms. The number of sulfonamides is 1. The van der Waals surface area contributed by atoms with Gasteiger partial charge >= 0.3 is 0 Å². The number of amides is 1. The van der Waals surface area contributed by atoms with E-state index in [1.54, 1.807) is 49.4 Å².